The van der Waals surface area contributed by atoms with E-state index in [9.17, 15) is 0 Å². The van der Waals surface area contributed by atoms with Gasteiger partial charge in [0.25, 0.3) is 0 Å². The molecule has 0 amide bonds. The van der Waals surface area contributed by atoms with Crippen LogP contribution in [0.5, 0.6) is 0 Å². The van der Waals surface area contributed by atoms with Gasteiger partial charge in [0, 0.05) is 57.3 Å². The Bertz CT molecular complexity index is 759. The fraction of sp³-hybridized carbons (Fsp3) is 0.476. The highest BCUT2D eigenvalue weighted by atomic mass is 127. The Morgan fingerprint density at radius 2 is 1.86 bits per heavy atom. The molecule has 2 aromatic rings. The molecule has 1 aromatic heterocycles. The first-order chi connectivity index (χ1) is 13.6. The zero-order valence-corrected chi connectivity index (χ0v) is 19.6. The maximum Gasteiger partial charge on any atom is 0.225 e. The van der Waals surface area contributed by atoms with E-state index >= 15 is 0 Å². The number of guanidine groups is 1. The molecule has 158 valence electrons. The minimum Gasteiger partial charge on any atom is -0.370 e. The molecule has 0 radical (unpaired) electrons. The maximum absolute atomic E-state index is 6.04. The van der Waals surface area contributed by atoms with Gasteiger partial charge in [0.1, 0.15) is 0 Å². The van der Waals surface area contributed by atoms with E-state index in [0.717, 1.165) is 57.3 Å². The third-order valence-electron chi connectivity index (χ3n) is 4.95. The van der Waals surface area contributed by atoms with Gasteiger partial charge in [-0.1, -0.05) is 26.0 Å². The van der Waals surface area contributed by atoms with E-state index in [1.807, 2.05) is 18.2 Å². The van der Waals surface area contributed by atoms with Crippen molar-refractivity contribution < 1.29 is 0 Å². The van der Waals surface area contributed by atoms with Crippen molar-refractivity contribution in [1.82, 2.24) is 14.9 Å². The Labute approximate surface area is 190 Å². The molecule has 1 fully saturated rings. The minimum absolute atomic E-state index is 0. The van der Waals surface area contributed by atoms with Crippen LogP contribution in [0, 0.1) is 0 Å². The first-order valence-electron chi connectivity index (χ1n) is 10.0. The molecule has 1 aliphatic heterocycles. The topological polar surface area (TPSA) is 82.7 Å². The van der Waals surface area contributed by atoms with Crippen LogP contribution in [-0.2, 0) is 0 Å². The van der Waals surface area contributed by atoms with E-state index in [1.165, 1.54) is 5.56 Å². The van der Waals surface area contributed by atoms with Gasteiger partial charge in [-0.25, -0.2) is 9.97 Å². The molecule has 2 heterocycles. The Balaban J connectivity index is 0.00000300. The number of rotatable bonds is 7. The van der Waals surface area contributed by atoms with Crippen molar-refractivity contribution in [1.29, 1.82) is 0 Å². The molecule has 1 aliphatic rings. The number of nitrogens with one attached hydrogen (secondary N) is 1. The Morgan fingerprint density at radius 1 is 1.14 bits per heavy atom. The summed E-state index contributed by atoms with van der Waals surface area (Å²) in [6.07, 6.45) is 4.59. The lowest BCUT2D eigenvalue weighted by molar-refractivity contribution is 0.255. The molecular formula is C21H32IN7. The number of aromatic nitrogens is 2. The monoisotopic (exact) mass is 509 g/mol. The van der Waals surface area contributed by atoms with Gasteiger partial charge in [0.05, 0.1) is 0 Å². The summed E-state index contributed by atoms with van der Waals surface area (Å²) < 4.78 is 0. The van der Waals surface area contributed by atoms with E-state index in [2.05, 4.69) is 56.1 Å². The fourth-order valence-electron chi connectivity index (χ4n) is 3.28. The molecule has 1 saturated heterocycles. The van der Waals surface area contributed by atoms with E-state index in [4.69, 9.17) is 5.73 Å². The minimum atomic E-state index is 0. The molecule has 0 atom stereocenters. The zero-order chi connectivity index (χ0) is 19.8. The van der Waals surface area contributed by atoms with Gasteiger partial charge in [-0.2, -0.15) is 0 Å². The molecule has 0 aliphatic carbocycles. The lowest BCUT2D eigenvalue weighted by Crippen LogP contribution is -2.47. The second-order valence-corrected chi connectivity index (χ2v) is 7.40. The summed E-state index contributed by atoms with van der Waals surface area (Å²) in [6.45, 7) is 10.1. The van der Waals surface area contributed by atoms with Crippen molar-refractivity contribution >= 4 is 41.6 Å². The molecule has 0 spiro atoms. The van der Waals surface area contributed by atoms with Gasteiger partial charge in [0.15, 0.2) is 5.96 Å². The van der Waals surface area contributed by atoms with Crippen LogP contribution < -0.4 is 16.0 Å². The second kappa shape index (κ2) is 11.9. The van der Waals surface area contributed by atoms with Gasteiger partial charge < -0.3 is 16.0 Å². The van der Waals surface area contributed by atoms with Crippen molar-refractivity contribution in [2.75, 3.05) is 49.5 Å². The van der Waals surface area contributed by atoms with Gasteiger partial charge in [-0.05, 0) is 36.1 Å². The molecular weight excluding hydrogens is 477 g/mol. The van der Waals surface area contributed by atoms with Crippen LogP contribution in [0.4, 0.5) is 11.6 Å². The summed E-state index contributed by atoms with van der Waals surface area (Å²) in [5.74, 6) is 1.80. The van der Waals surface area contributed by atoms with Crippen LogP contribution in [0.2, 0.25) is 0 Å². The van der Waals surface area contributed by atoms with E-state index in [0.29, 0.717) is 11.9 Å². The van der Waals surface area contributed by atoms with Crippen LogP contribution >= 0.6 is 24.0 Å². The molecule has 8 heteroatoms. The average Bonchev–Trinajstić information content (AvgIpc) is 2.72. The SMILES string of the molecule is CC(C)c1cccc(NC(N)=NCCCN2CCN(c3ncccn3)CC2)c1.I. The van der Waals surface area contributed by atoms with Gasteiger partial charge >= 0.3 is 0 Å². The average molecular weight is 509 g/mol. The highest BCUT2D eigenvalue weighted by molar-refractivity contribution is 14.0. The predicted octanol–water partition coefficient (Wildman–Crippen LogP) is 3.16. The van der Waals surface area contributed by atoms with Crippen LogP contribution in [0.1, 0.15) is 31.7 Å². The largest absolute Gasteiger partial charge is 0.370 e. The Morgan fingerprint density at radius 3 is 2.55 bits per heavy atom. The highest BCUT2D eigenvalue weighted by Gasteiger charge is 2.18. The van der Waals surface area contributed by atoms with Crippen LogP contribution in [0.25, 0.3) is 0 Å². The Hall–Kier alpha value is -1.94. The molecule has 0 bridgehead atoms. The first kappa shape index (κ1) is 23.3. The number of aliphatic imine (C=N–C) groups is 1. The summed E-state index contributed by atoms with van der Waals surface area (Å²) in [5, 5.41) is 3.19. The molecule has 0 unspecified atom stereocenters. The summed E-state index contributed by atoms with van der Waals surface area (Å²) in [4.78, 5) is 17.8. The summed E-state index contributed by atoms with van der Waals surface area (Å²) >= 11 is 0. The lowest BCUT2D eigenvalue weighted by atomic mass is 10.0. The molecule has 29 heavy (non-hydrogen) atoms. The molecule has 7 nitrogen and oxygen atoms in total. The molecule has 1 aromatic carbocycles. The zero-order valence-electron chi connectivity index (χ0n) is 17.3. The van der Waals surface area contributed by atoms with Crippen molar-refractivity contribution in [2.24, 2.45) is 10.7 Å². The third-order valence-corrected chi connectivity index (χ3v) is 4.95. The number of hydrogen-bond donors (Lipinski definition) is 2. The number of halogens is 1. The predicted molar refractivity (Wildman–Crippen MR) is 131 cm³/mol. The van der Waals surface area contributed by atoms with Crippen molar-refractivity contribution in [2.45, 2.75) is 26.2 Å². The van der Waals surface area contributed by atoms with Gasteiger partial charge in [-0.3, -0.25) is 9.89 Å². The summed E-state index contributed by atoms with van der Waals surface area (Å²) in [7, 11) is 0. The van der Waals surface area contributed by atoms with Crippen LogP contribution in [0.15, 0.2) is 47.7 Å². The van der Waals surface area contributed by atoms with E-state index in [1.54, 1.807) is 12.4 Å². The highest BCUT2D eigenvalue weighted by Crippen LogP contribution is 2.18. The maximum atomic E-state index is 6.04. The number of anilines is 2. The smallest absolute Gasteiger partial charge is 0.225 e. The standard InChI is InChI=1S/C21H31N7.HI/c1-17(2)18-6-3-7-19(16-18)26-20(22)23-10-5-11-27-12-14-28(15-13-27)21-24-8-4-9-25-21;/h3-4,6-9,16-17H,5,10-15H2,1-2H3,(H3,22,23,26);1H. The fourth-order valence-corrected chi connectivity index (χ4v) is 3.28. The number of piperazine rings is 1. The number of benzene rings is 1. The van der Waals surface area contributed by atoms with Crippen LogP contribution in [-0.4, -0.2) is 60.1 Å². The number of nitrogens with two attached hydrogens (primary N) is 1. The lowest BCUT2D eigenvalue weighted by Gasteiger charge is -2.34. The van der Waals surface area contributed by atoms with E-state index in [-0.39, 0.29) is 24.0 Å². The van der Waals surface area contributed by atoms with Crippen molar-refractivity contribution in [3.8, 4) is 0 Å². The second-order valence-electron chi connectivity index (χ2n) is 7.40. The third kappa shape index (κ3) is 7.43. The molecule has 3 rings (SSSR count). The molecule has 3 N–H and O–H groups in total. The quantitative estimate of drug-likeness (QED) is 0.258. The number of nitrogens with zero attached hydrogens (tertiary/aromatic N) is 5. The van der Waals surface area contributed by atoms with E-state index < -0.39 is 0 Å². The summed E-state index contributed by atoms with van der Waals surface area (Å²) in [6, 6.07) is 10.2. The molecule has 0 saturated carbocycles. The van der Waals surface area contributed by atoms with Gasteiger partial charge in [0.2, 0.25) is 5.95 Å². The first-order valence-corrected chi connectivity index (χ1v) is 10.0. The Kier molecular flexibility index (Phi) is 9.59. The normalized spacial score (nSPS) is 15.3. The summed E-state index contributed by atoms with van der Waals surface area (Å²) in [5.41, 5.74) is 8.32. The van der Waals surface area contributed by atoms with Crippen LogP contribution in [0.3, 0.4) is 0 Å². The van der Waals surface area contributed by atoms with Gasteiger partial charge in [-0.15, -0.1) is 24.0 Å². The van der Waals surface area contributed by atoms with Crippen molar-refractivity contribution in [3.05, 3.63) is 48.3 Å². The number of hydrogen-bond acceptors (Lipinski definition) is 5. The van der Waals surface area contributed by atoms with Crippen molar-refractivity contribution in [3.63, 3.8) is 0 Å².